The van der Waals surface area contributed by atoms with Crippen LogP contribution in [0, 0.1) is 0 Å². The predicted molar refractivity (Wildman–Crippen MR) is 104 cm³/mol. The van der Waals surface area contributed by atoms with Gasteiger partial charge in [0.2, 0.25) is 0 Å². The van der Waals surface area contributed by atoms with Crippen LogP contribution in [-0.2, 0) is 17.7 Å². The zero-order chi connectivity index (χ0) is 19.5. The lowest BCUT2D eigenvalue weighted by molar-refractivity contribution is 0.0298. The van der Waals surface area contributed by atoms with Crippen molar-refractivity contribution in [3.63, 3.8) is 0 Å². The highest BCUT2D eigenvalue weighted by atomic mass is 16.5. The highest BCUT2D eigenvalue weighted by Crippen LogP contribution is 2.23. The lowest BCUT2D eigenvalue weighted by Crippen LogP contribution is -2.41. The number of hydrogen-bond acceptors (Lipinski definition) is 4. The first-order valence-corrected chi connectivity index (χ1v) is 9.97. The van der Waals surface area contributed by atoms with Crippen molar-refractivity contribution in [2.45, 2.75) is 38.8 Å². The maximum atomic E-state index is 13.0. The normalized spacial score (nSPS) is 17.7. The van der Waals surface area contributed by atoms with Crippen LogP contribution in [0.3, 0.4) is 0 Å². The highest BCUT2D eigenvalue weighted by Gasteiger charge is 2.30. The number of nitrogens with one attached hydrogen (secondary N) is 1. The van der Waals surface area contributed by atoms with E-state index in [1.807, 2.05) is 41.8 Å². The van der Waals surface area contributed by atoms with Crippen LogP contribution in [0.25, 0.3) is 0 Å². The van der Waals surface area contributed by atoms with Crippen molar-refractivity contribution in [3.8, 4) is 0 Å². The van der Waals surface area contributed by atoms with E-state index in [0.29, 0.717) is 37.8 Å². The summed E-state index contributed by atoms with van der Waals surface area (Å²) in [6.45, 7) is 4.90. The number of rotatable bonds is 4. The largest absolute Gasteiger partial charge is 0.378 e. The van der Waals surface area contributed by atoms with E-state index in [1.54, 1.807) is 4.90 Å². The molecule has 1 unspecified atom stereocenters. The molecule has 2 aromatic rings. The second-order valence-corrected chi connectivity index (χ2v) is 7.35. The van der Waals surface area contributed by atoms with Gasteiger partial charge in [-0.05, 0) is 31.7 Å². The molecule has 2 amide bonds. The van der Waals surface area contributed by atoms with Gasteiger partial charge in [0, 0.05) is 19.6 Å². The summed E-state index contributed by atoms with van der Waals surface area (Å²) in [4.78, 5) is 32.3. The summed E-state index contributed by atoms with van der Waals surface area (Å²) >= 11 is 0. The molecule has 1 N–H and O–H groups in total. The average molecular weight is 382 g/mol. The number of ether oxygens (including phenoxy) is 1. The molecule has 1 atom stereocenters. The number of imidazole rings is 1. The minimum absolute atomic E-state index is 0.0934. The van der Waals surface area contributed by atoms with E-state index in [4.69, 9.17) is 4.74 Å². The van der Waals surface area contributed by atoms with Crippen molar-refractivity contribution >= 4 is 11.8 Å². The molecule has 1 aromatic heterocycles. The van der Waals surface area contributed by atoms with Gasteiger partial charge in [-0.1, -0.05) is 30.3 Å². The van der Waals surface area contributed by atoms with Gasteiger partial charge in [-0.25, -0.2) is 4.98 Å². The fraction of sp³-hybridized carbons (Fsp3) is 0.476. The molecule has 0 radical (unpaired) electrons. The smallest absolute Gasteiger partial charge is 0.287 e. The Kier molecular flexibility index (Phi) is 5.43. The number of morpholine rings is 1. The first kappa shape index (κ1) is 18.7. The molecule has 0 bridgehead atoms. The number of carbonyl (C=O) groups excluding carboxylic acids is 2. The Morgan fingerprint density at radius 1 is 1.11 bits per heavy atom. The third kappa shape index (κ3) is 3.67. The number of aromatic nitrogens is 2. The summed E-state index contributed by atoms with van der Waals surface area (Å²) in [5.41, 5.74) is 2.35. The third-order valence-electron chi connectivity index (χ3n) is 5.47. The molecule has 2 aliphatic heterocycles. The first-order valence-electron chi connectivity index (χ1n) is 9.97. The molecule has 7 nitrogen and oxygen atoms in total. The van der Waals surface area contributed by atoms with Crippen LogP contribution >= 0.6 is 0 Å². The van der Waals surface area contributed by atoms with Gasteiger partial charge in [0.25, 0.3) is 11.8 Å². The molecule has 0 saturated carbocycles. The Labute approximate surface area is 164 Å². The van der Waals surface area contributed by atoms with Gasteiger partial charge in [-0.3, -0.25) is 9.59 Å². The van der Waals surface area contributed by atoms with Crippen LogP contribution < -0.4 is 5.32 Å². The molecule has 1 aromatic carbocycles. The molecule has 2 aliphatic rings. The van der Waals surface area contributed by atoms with E-state index in [9.17, 15) is 9.59 Å². The van der Waals surface area contributed by atoms with E-state index < -0.39 is 0 Å². The molecular formula is C21H26N4O3. The predicted octanol–water partition coefficient (Wildman–Crippen LogP) is 2.18. The second-order valence-electron chi connectivity index (χ2n) is 7.35. The van der Waals surface area contributed by atoms with Gasteiger partial charge >= 0.3 is 0 Å². The maximum absolute atomic E-state index is 13.0. The molecule has 4 rings (SSSR count). The van der Waals surface area contributed by atoms with E-state index in [1.165, 1.54) is 0 Å². The second kappa shape index (κ2) is 8.14. The Hall–Kier alpha value is -2.67. The summed E-state index contributed by atoms with van der Waals surface area (Å²) in [5.74, 6) is 0.0127. The van der Waals surface area contributed by atoms with Crippen molar-refractivity contribution in [3.05, 3.63) is 53.1 Å². The van der Waals surface area contributed by atoms with Crippen LogP contribution in [-0.4, -0.2) is 52.6 Å². The molecular weight excluding hydrogens is 356 g/mol. The van der Waals surface area contributed by atoms with Crippen LogP contribution in [0.15, 0.2) is 30.3 Å². The number of fused-ring (bicyclic) bond motifs is 1. The molecule has 3 heterocycles. The van der Waals surface area contributed by atoms with Gasteiger partial charge in [0.15, 0.2) is 5.82 Å². The highest BCUT2D eigenvalue weighted by molar-refractivity contribution is 5.97. The third-order valence-corrected chi connectivity index (χ3v) is 5.47. The minimum atomic E-state index is -0.236. The summed E-state index contributed by atoms with van der Waals surface area (Å²) < 4.78 is 7.28. The Balaban J connectivity index is 1.59. The van der Waals surface area contributed by atoms with E-state index in [2.05, 4.69) is 10.3 Å². The van der Waals surface area contributed by atoms with Crippen LogP contribution in [0.4, 0.5) is 0 Å². The van der Waals surface area contributed by atoms with Gasteiger partial charge in [0.05, 0.1) is 24.9 Å². The fourth-order valence-corrected chi connectivity index (χ4v) is 3.89. The molecule has 0 spiro atoms. The minimum Gasteiger partial charge on any atom is -0.378 e. The van der Waals surface area contributed by atoms with E-state index >= 15 is 0 Å². The summed E-state index contributed by atoms with van der Waals surface area (Å²) in [6, 6.07) is 9.69. The number of nitrogens with zero attached hydrogens (tertiary/aromatic N) is 3. The number of carbonyl (C=O) groups is 2. The van der Waals surface area contributed by atoms with Crippen LogP contribution in [0.2, 0.25) is 0 Å². The Morgan fingerprint density at radius 2 is 1.86 bits per heavy atom. The lowest BCUT2D eigenvalue weighted by atomic mass is 10.1. The number of amides is 2. The van der Waals surface area contributed by atoms with Crippen LogP contribution in [0.1, 0.15) is 58.2 Å². The number of benzene rings is 1. The molecule has 1 saturated heterocycles. The molecule has 7 heteroatoms. The average Bonchev–Trinajstić information content (AvgIpc) is 3.14. The zero-order valence-corrected chi connectivity index (χ0v) is 16.2. The summed E-state index contributed by atoms with van der Waals surface area (Å²) in [6.07, 6.45) is 2.78. The quantitative estimate of drug-likeness (QED) is 0.879. The van der Waals surface area contributed by atoms with E-state index in [0.717, 1.165) is 37.1 Å². The summed E-state index contributed by atoms with van der Waals surface area (Å²) in [5, 5.41) is 3.03. The standard InChI is InChI=1S/C21H26N4O3/c1-15(16-7-3-2-4-8-16)22-20(26)19-23-18(17-9-5-6-10-25(17)19)21(27)24-11-13-28-14-12-24/h2-4,7-8,15H,5-6,9-14H2,1H3,(H,22,26). The van der Waals surface area contributed by atoms with Crippen molar-refractivity contribution in [2.75, 3.05) is 26.3 Å². The summed E-state index contributed by atoms with van der Waals surface area (Å²) in [7, 11) is 0. The topological polar surface area (TPSA) is 76.5 Å². The van der Waals surface area contributed by atoms with Crippen molar-refractivity contribution in [1.82, 2.24) is 19.8 Å². The monoisotopic (exact) mass is 382 g/mol. The Morgan fingerprint density at radius 3 is 2.61 bits per heavy atom. The molecule has 1 fully saturated rings. The van der Waals surface area contributed by atoms with Crippen molar-refractivity contribution in [1.29, 1.82) is 0 Å². The zero-order valence-electron chi connectivity index (χ0n) is 16.2. The van der Waals surface area contributed by atoms with Crippen molar-refractivity contribution in [2.24, 2.45) is 0 Å². The Bertz CT molecular complexity index is 856. The number of hydrogen-bond donors (Lipinski definition) is 1. The fourth-order valence-electron chi connectivity index (χ4n) is 3.89. The molecule has 0 aliphatic carbocycles. The molecule has 148 valence electrons. The van der Waals surface area contributed by atoms with Crippen LogP contribution in [0.5, 0.6) is 0 Å². The van der Waals surface area contributed by atoms with Gasteiger partial charge in [0.1, 0.15) is 5.69 Å². The molecule has 28 heavy (non-hydrogen) atoms. The maximum Gasteiger partial charge on any atom is 0.287 e. The first-order chi connectivity index (χ1) is 13.6. The lowest BCUT2D eigenvalue weighted by Gasteiger charge is -2.26. The van der Waals surface area contributed by atoms with Gasteiger partial charge in [-0.2, -0.15) is 0 Å². The van der Waals surface area contributed by atoms with Gasteiger partial charge in [-0.15, -0.1) is 0 Å². The van der Waals surface area contributed by atoms with Gasteiger partial charge < -0.3 is 19.5 Å². The SMILES string of the molecule is CC(NC(=O)c1nc(C(=O)N2CCOCC2)c2n1CCCC2)c1ccccc1. The van der Waals surface area contributed by atoms with Crippen molar-refractivity contribution < 1.29 is 14.3 Å². The van der Waals surface area contributed by atoms with E-state index in [-0.39, 0.29) is 17.9 Å².